The lowest BCUT2D eigenvalue weighted by atomic mass is 10.2. The highest BCUT2D eigenvalue weighted by Gasteiger charge is 2.63. The third-order valence-electron chi connectivity index (χ3n) is 4.88. The predicted molar refractivity (Wildman–Crippen MR) is 75.9 cm³/mol. The number of rotatable bonds is 3. The van der Waals surface area contributed by atoms with Gasteiger partial charge in [0.1, 0.15) is 11.7 Å². The minimum Gasteiger partial charge on any atom is -0.317 e. The summed E-state index contributed by atoms with van der Waals surface area (Å²) in [5.74, 6) is 1.09. The largest absolute Gasteiger partial charge is 0.317 e. The molecule has 0 bridgehead atoms. The Bertz CT molecular complexity index is 534. The molecular formula is C15H20N2OS. The molecule has 3 unspecified atom stereocenters. The van der Waals surface area contributed by atoms with Gasteiger partial charge in [-0.05, 0) is 44.2 Å². The molecule has 2 aliphatic carbocycles. The molecule has 1 amide bonds. The van der Waals surface area contributed by atoms with Crippen LogP contribution in [0.25, 0.3) is 0 Å². The van der Waals surface area contributed by atoms with Crippen molar-refractivity contribution in [3.63, 3.8) is 0 Å². The fraction of sp³-hybridized carbons (Fsp3) is 0.667. The molecule has 4 rings (SSSR count). The summed E-state index contributed by atoms with van der Waals surface area (Å²) >= 11 is 1.82. The van der Waals surface area contributed by atoms with E-state index in [9.17, 15) is 4.79 Å². The van der Waals surface area contributed by atoms with Gasteiger partial charge in [0.05, 0.1) is 0 Å². The molecule has 1 spiro atoms. The Labute approximate surface area is 118 Å². The molecule has 4 heteroatoms. The van der Waals surface area contributed by atoms with Crippen LogP contribution in [0.1, 0.15) is 48.5 Å². The zero-order chi connectivity index (χ0) is 13.2. The van der Waals surface area contributed by atoms with E-state index in [-0.39, 0.29) is 11.7 Å². The number of amides is 1. The Morgan fingerprint density at radius 3 is 2.79 bits per heavy atom. The van der Waals surface area contributed by atoms with Gasteiger partial charge < -0.3 is 4.90 Å². The Hall–Kier alpha value is -0.870. The van der Waals surface area contributed by atoms with Crippen molar-refractivity contribution in [1.29, 1.82) is 0 Å². The van der Waals surface area contributed by atoms with Gasteiger partial charge in [0.15, 0.2) is 0 Å². The summed E-state index contributed by atoms with van der Waals surface area (Å²) in [4.78, 5) is 17.5. The number of hydrogen-bond acceptors (Lipinski definition) is 3. The molecule has 0 aromatic carbocycles. The van der Waals surface area contributed by atoms with E-state index in [1.165, 1.54) is 22.6 Å². The molecule has 2 heterocycles. The van der Waals surface area contributed by atoms with Crippen LogP contribution < -0.4 is 5.32 Å². The van der Waals surface area contributed by atoms with Gasteiger partial charge in [0.2, 0.25) is 5.91 Å². The second kappa shape index (κ2) is 3.83. The minimum absolute atomic E-state index is 0.134. The van der Waals surface area contributed by atoms with Gasteiger partial charge >= 0.3 is 0 Å². The fourth-order valence-electron chi connectivity index (χ4n) is 3.40. The van der Waals surface area contributed by atoms with Crippen LogP contribution in [-0.2, 0) is 4.79 Å². The fourth-order valence-corrected chi connectivity index (χ4v) is 4.33. The van der Waals surface area contributed by atoms with Crippen molar-refractivity contribution in [3.05, 3.63) is 21.9 Å². The second-order valence-electron chi connectivity index (χ2n) is 6.26. The molecule has 3 nitrogen and oxygen atoms in total. The van der Waals surface area contributed by atoms with Gasteiger partial charge in [-0.15, -0.1) is 11.3 Å². The van der Waals surface area contributed by atoms with E-state index in [2.05, 4.69) is 36.2 Å². The number of aryl methyl sites for hydroxylation is 1. The first-order valence-electron chi connectivity index (χ1n) is 7.31. The third kappa shape index (κ3) is 1.69. The standard InChI is InChI=1S/C15H20N2OS/c1-3-10-8-11(10)17-13(12-5-4-9(2)19-12)16-15(6-7-15)14(17)18/h4-5,10-11,13,16H,3,6-8H2,1-2H3. The zero-order valence-corrected chi connectivity index (χ0v) is 12.3. The van der Waals surface area contributed by atoms with Crippen molar-refractivity contribution < 1.29 is 4.79 Å². The van der Waals surface area contributed by atoms with Gasteiger partial charge in [0, 0.05) is 15.8 Å². The molecule has 1 aliphatic heterocycles. The van der Waals surface area contributed by atoms with E-state index in [0.717, 1.165) is 18.8 Å². The molecule has 19 heavy (non-hydrogen) atoms. The first kappa shape index (κ1) is 11.9. The van der Waals surface area contributed by atoms with E-state index in [0.29, 0.717) is 11.9 Å². The van der Waals surface area contributed by atoms with Crippen LogP contribution in [0.3, 0.4) is 0 Å². The number of carbonyl (C=O) groups is 1. The summed E-state index contributed by atoms with van der Waals surface area (Å²) in [6, 6.07) is 4.83. The van der Waals surface area contributed by atoms with Gasteiger partial charge in [-0.2, -0.15) is 0 Å². The molecule has 0 radical (unpaired) electrons. The molecule has 1 aromatic rings. The van der Waals surface area contributed by atoms with Crippen LogP contribution in [-0.4, -0.2) is 22.4 Å². The highest BCUT2D eigenvalue weighted by Crippen LogP contribution is 2.52. The molecule has 1 saturated heterocycles. The van der Waals surface area contributed by atoms with Crippen LogP contribution in [0.15, 0.2) is 12.1 Å². The lowest BCUT2D eigenvalue weighted by Gasteiger charge is -2.23. The molecule has 3 atom stereocenters. The summed E-state index contributed by atoms with van der Waals surface area (Å²) in [6.45, 7) is 4.37. The highest BCUT2D eigenvalue weighted by atomic mass is 32.1. The van der Waals surface area contributed by atoms with Crippen LogP contribution in [0.5, 0.6) is 0 Å². The Kier molecular flexibility index (Phi) is 2.40. The summed E-state index contributed by atoms with van der Waals surface area (Å²) in [7, 11) is 0. The molecule has 3 fully saturated rings. The van der Waals surface area contributed by atoms with Crippen molar-refractivity contribution in [2.75, 3.05) is 0 Å². The number of thiophene rings is 1. The summed E-state index contributed by atoms with van der Waals surface area (Å²) in [6.07, 6.45) is 4.56. The first-order valence-corrected chi connectivity index (χ1v) is 8.13. The van der Waals surface area contributed by atoms with Crippen LogP contribution in [0.2, 0.25) is 0 Å². The minimum atomic E-state index is -0.191. The van der Waals surface area contributed by atoms with Gasteiger partial charge in [-0.3, -0.25) is 10.1 Å². The number of nitrogens with one attached hydrogen (secondary N) is 1. The number of nitrogens with zero attached hydrogens (tertiary/aromatic N) is 1. The van der Waals surface area contributed by atoms with Crippen molar-refractivity contribution in [2.45, 2.75) is 57.3 Å². The van der Waals surface area contributed by atoms with Crippen molar-refractivity contribution in [2.24, 2.45) is 5.92 Å². The van der Waals surface area contributed by atoms with E-state index < -0.39 is 0 Å². The summed E-state index contributed by atoms with van der Waals surface area (Å²) in [5, 5.41) is 3.62. The van der Waals surface area contributed by atoms with Gasteiger partial charge in [-0.25, -0.2) is 0 Å². The first-order chi connectivity index (χ1) is 9.14. The molecular weight excluding hydrogens is 256 g/mol. The quantitative estimate of drug-likeness (QED) is 0.920. The third-order valence-corrected chi connectivity index (χ3v) is 5.94. The van der Waals surface area contributed by atoms with Crippen LogP contribution in [0.4, 0.5) is 0 Å². The Morgan fingerprint density at radius 1 is 1.47 bits per heavy atom. The van der Waals surface area contributed by atoms with Crippen molar-refractivity contribution in [3.8, 4) is 0 Å². The molecule has 1 aromatic heterocycles. The highest BCUT2D eigenvalue weighted by molar-refractivity contribution is 7.12. The van der Waals surface area contributed by atoms with Crippen molar-refractivity contribution in [1.82, 2.24) is 10.2 Å². The Morgan fingerprint density at radius 2 is 2.26 bits per heavy atom. The van der Waals surface area contributed by atoms with Crippen molar-refractivity contribution >= 4 is 17.2 Å². The SMILES string of the molecule is CCC1CC1N1C(=O)C2(CC2)NC1c1ccc(C)s1. The number of hydrogen-bond donors (Lipinski definition) is 1. The van der Waals surface area contributed by atoms with Crippen LogP contribution in [0, 0.1) is 12.8 Å². The smallest absolute Gasteiger partial charge is 0.244 e. The molecule has 2 saturated carbocycles. The monoisotopic (exact) mass is 276 g/mol. The van der Waals surface area contributed by atoms with Gasteiger partial charge in [0.25, 0.3) is 0 Å². The predicted octanol–water partition coefficient (Wildman–Crippen LogP) is 2.82. The lowest BCUT2D eigenvalue weighted by Crippen LogP contribution is -2.34. The lowest BCUT2D eigenvalue weighted by molar-refractivity contribution is -0.131. The molecule has 102 valence electrons. The van der Waals surface area contributed by atoms with E-state index in [4.69, 9.17) is 0 Å². The van der Waals surface area contributed by atoms with E-state index in [1.54, 1.807) is 0 Å². The molecule has 1 N–H and O–H groups in total. The maximum absolute atomic E-state index is 12.7. The second-order valence-corrected chi connectivity index (χ2v) is 7.58. The maximum Gasteiger partial charge on any atom is 0.244 e. The number of carbonyl (C=O) groups excluding carboxylic acids is 1. The van der Waals surface area contributed by atoms with Gasteiger partial charge in [-0.1, -0.05) is 13.3 Å². The zero-order valence-electron chi connectivity index (χ0n) is 11.5. The van der Waals surface area contributed by atoms with E-state index >= 15 is 0 Å². The summed E-state index contributed by atoms with van der Waals surface area (Å²) < 4.78 is 0. The molecule has 3 aliphatic rings. The average Bonchev–Trinajstić information content (AvgIpc) is 3.27. The normalized spacial score (nSPS) is 35.2. The van der Waals surface area contributed by atoms with Crippen LogP contribution >= 0.6 is 11.3 Å². The average molecular weight is 276 g/mol. The maximum atomic E-state index is 12.7. The topological polar surface area (TPSA) is 32.3 Å². The summed E-state index contributed by atoms with van der Waals surface area (Å²) in [5.41, 5.74) is -0.191. The van der Waals surface area contributed by atoms with E-state index in [1.807, 2.05) is 11.3 Å². The Balaban J connectivity index is 1.66.